The minimum atomic E-state index is -1.33. The van der Waals surface area contributed by atoms with Crippen LogP contribution in [0.4, 0.5) is 11.4 Å². The molecule has 5 nitrogen and oxygen atoms in total. The number of amides is 2. The zero-order chi connectivity index (χ0) is 29.6. The smallest absolute Gasteiger partial charge is 0.257 e. The normalized spacial score (nSPS) is 17.2. The number of nitrogens with zero attached hydrogens (tertiary/aromatic N) is 1. The van der Waals surface area contributed by atoms with Crippen LogP contribution in [-0.4, -0.2) is 20.7 Å². The molecule has 5 aromatic rings. The molecule has 212 valence electrons. The molecular weight excluding hydrogens is 636 g/mol. The molecule has 0 bridgehead atoms. The third kappa shape index (κ3) is 5.85. The maximum atomic E-state index is 13.2. The van der Waals surface area contributed by atoms with Crippen LogP contribution in [0.2, 0.25) is 15.1 Å². The molecular formula is C32H22Cl5N3O2. The molecule has 2 amide bonds. The summed E-state index contributed by atoms with van der Waals surface area (Å²) in [6, 6.07) is 27.6. The molecule has 1 aliphatic rings. The van der Waals surface area contributed by atoms with Crippen molar-refractivity contribution in [2.24, 2.45) is 5.92 Å². The van der Waals surface area contributed by atoms with E-state index in [2.05, 4.69) is 27.3 Å². The number of alkyl halides is 2. The molecule has 42 heavy (non-hydrogen) atoms. The molecule has 10 heteroatoms. The maximum Gasteiger partial charge on any atom is 0.257 e. The fraction of sp³-hybridized carbons (Fsp3) is 0.125. The average Bonchev–Trinajstić information content (AvgIpc) is 3.32. The zero-order valence-corrected chi connectivity index (χ0v) is 25.5. The second kappa shape index (κ2) is 11.5. The van der Waals surface area contributed by atoms with E-state index in [4.69, 9.17) is 58.0 Å². The van der Waals surface area contributed by atoms with Crippen molar-refractivity contribution in [1.29, 1.82) is 0 Å². The maximum absolute atomic E-state index is 13.2. The van der Waals surface area contributed by atoms with E-state index in [1.54, 1.807) is 30.3 Å². The van der Waals surface area contributed by atoms with Crippen LogP contribution in [0.5, 0.6) is 0 Å². The van der Waals surface area contributed by atoms with Crippen molar-refractivity contribution in [3.63, 3.8) is 0 Å². The topological polar surface area (TPSA) is 63.1 Å². The number of halogens is 5. The summed E-state index contributed by atoms with van der Waals surface area (Å²) in [4.78, 5) is 26.4. The first-order chi connectivity index (χ1) is 20.1. The van der Waals surface area contributed by atoms with Crippen LogP contribution < -0.4 is 10.6 Å². The van der Waals surface area contributed by atoms with Gasteiger partial charge in [0.2, 0.25) is 5.91 Å². The first-order valence-electron chi connectivity index (χ1n) is 13.0. The van der Waals surface area contributed by atoms with Crippen molar-refractivity contribution in [3.05, 3.63) is 129 Å². The number of carbonyl (C=O) groups excluding carboxylic acids is 2. The van der Waals surface area contributed by atoms with Gasteiger partial charge >= 0.3 is 0 Å². The lowest BCUT2D eigenvalue weighted by atomic mass is 10.1. The lowest BCUT2D eigenvalue weighted by molar-refractivity contribution is -0.117. The van der Waals surface area contributed by atoms with Crippen LogP contribution in [0.15, 0.2) is 97.2 Å². The predicted molar refractivity (Wildman–Crippen MR) is 173 cm³/mol. The van der Waals surface area contributed by atoms with Crippen molar-refractivity contribution in [2.75, 3.05) is 10.6 Å². The molecule has 0 spiro atoms. The fourth-order valence-corrected chi connectivity index (χ4v) is 6.79. The van der Waals surface area contributed by atoms with Gasteiger partial charge in [-0.25, -0.2) is 0 Å². The largest absolute Gasteiger partial charge is 0.343 e. The van der Waals surface area contributed by atoms with E-state index >= 15 is 0 Å². The molecule has 2 N–H and O–H groups in total. The zero-order valence-electron chi connectivity index (χ0n) is 21.8. The predicted octanol–water partition coefficient (Wildman–Crippen LogP) is 9.43. The molecule has 1 saturated carbocycles. The summed E-state index contributed by atoms with van der Waals surface area (Å²) < 4.78 is 0.824. The van der Waals surface area contributed by atoms with Gasteiger partial charge < -0.3 is 15.2 Å². The Kier molecular flexibility index (Phi) is 7.90. The number of carbonyl (C=O) groups is 2. The molecule has 0 saturated heterocycles. The number of anilines is 2. The Morgan fingerprint density at radius 1 is 0.786 bits per heavy atom. The van der Waals surface area contributed by atoms with Gasteiger partial charge in [-0.15, -0.1) is 23.2 Å². The van der Waals surface area contributed by atoms with Gasteiger partial charge in [0.1, 0.15) is 4.33 Å². The highest BCUT2D eigenvalue weighted by molar-refractivity contribution is 6.53. The van der Waals surface area contributed by atoms with Crippen molar-refractivity contribution in [2.45, 2.75) is 16.8 Å². The van der Waals surface area contributed by atoms with Crippen molar-refractivity contribution < 1.29 is 9.59 Å². The molecule has 0 unspecified atom stereocenters. The van der Waals surface area contributed by atoms with Gasteiger partial charge in [-0.1, -0.05) is 65.1 Å². The number of benzene rings is 4. The summed E-state index contributed by atoms with van der Waals surface area (Å²) in [7, 11) is 0. The second-order valence-corrected chi connectivity index (χ2v) is 12.9. The van der Waals surface area contributed by atoms with Gasteiger partial charge in [0.05, 0.1) is 16.5 Å². The highest BCUT2D eigenvalue weighted by atomic mass is 35.5. The third-order valence-electron chi connectivity index (χ3n) is 7.28. The van der Waals surface area contributed by atoms with Crippen LogP contribution in [0.1, 0.15) is 27.4 Å². The standard InChI is InChI=1S/C32H22Cl5N3O2/c33-21-12-20(13-22(34)15-21)28-29(32(28,36)37)31(42)39-24-6-8-26(35)25(16-24)30(41)38-23-7-9-27-19(14-23)10-11-40(27)17-18-4-2-1-3-5-18/h1-16,28-29H,17H2,(H,38,41)(H,39,42)/t28-,29+/m0/s1. The Balaban J connectivity index is 1.16. The quantitative estimate of drug-likeness (QED) is 0.171. The Labute approximate surface area is 267 Å². The van der Waals surface area contributed by atoms with Crippen LogP contribution in [0.25, 0.3) is 10.9 Å². The first kappa shape index (κ1) is 28.9. The molecule has 4 aromatic carbocycles. The summed E-state index contributed by atoms with van der Waals surface area (Å²) in [5.41, 5.74) is 4.11. The van der Waals surface area contributed by atoms with E-state index < -0.39 is 28.0 Å². The third-order valence-corrected chi connectivity index (χ3v) is 8.99. The van der Waals surface area contributed by atoms with Gasteiger partial charge in [0, 0.05) is 51.0 Å². The second-order valence-electron chi connectivity index (χ2n) is 10.2. The summed E-state index contributed by atoms with van der Waals surface area (Å²) in [6.45, 7) is 0.743. The fourth-order valence-electron chi connectivity index (χ4n) is 5.21. The van der Waals surface area contributed by atoms with Crippen LogP contribution >= 0.6 is 58.0 Å². The molecule has 1 heterocycles. The highest BCUT2D eigenvalue weighted by Gasteiger charge is 2.67. The van der Waals surface area contributed by atoms with Crippen molar-refractivity contribution in [3.8, 4) is 0 Å². The number of aromatic nitrogens is 1. The Morgan fingerprint density at radius 2 is 1.48 bits per heavy atom. The average molecular weight is 658 g/mol. The van der Waals surface area contributed by atoms with E-state index in [-0.39, 0.29) is 10.6 Å². The molecule has 2 atom stereocenters. The minimum absolute atomic E-state index is 0.202. The first-order valence-corrected chi connectivity index (χ1v) is 14.9. The van der Waals surface area contributed by atoms with E-state index in [9.17, 15) is 9.59 Å². The van der Waals surface area contributed by atoms with E-state index in [1.807, 2.05) is 48.7 Å². The monoisotopic (exact) mass is 655 g/mol. The van der Waals surface area contributed by atoms with E-state index in [1.165, 1.54) is 11.6 Å². The van der Waals surface area contributed by atoms with Gasteiger partial charge in [-0.3, -0.25) is 9.59 Å². The van der Waals surface area contributed by atoms with Gasteiger partial charge in [-0.2, -0.15) is 0 Å². The van der Waals surface area contributed by atoms with E-state index in [0.717, 1.165) is 17.4 Å². The van der Waals surface area contributed by atoms with Crippen LogP contribution in [0, 0.1) is 5.92 Å². The Morgan fingerprint density at radius 3 is 2.21 bits per heavy atom. The Hall–Kier alpha value is -3.19. The van der Waals surface area contributed by atoms with Crippen LogP contribution in [-0.2, 0) is 11.3 Å². The highest BCUT2D eigenvalue weighted by Crippen LogP contribution is 2.65. The molecule has 1 fully saturated rings. The number of hydrogen-bond donors (Lipinski definition) is 2. The molecule has 1 aromatic heterocycles. The number of fused-ring (bicyclic) bond motifs is 1. The van der Waals surface area contributed by atoms with Crippen molar-refractivity contribution >= 4 is 92.1 Å². The number of rotatable bonds is 7. The molecule has 1 aliphatic carbocycles. The molecule has 6 rings (SSSR count). The summed E-state index contributed by atoms with van der Waals surface area (Å²) in [6.07, 6.45) is 2.02. The summed E-state index contributed by atoms with van der Waals surface area (Å²) in [5, 5.41) is 7.78. The number of hydrogen-bond acceptors (Lipinski definition) is 2. The van der Waals surface area contributed by atoms with Gasteiger partial charge in [-0.05, 0) is 71.8 Å². The van der Waals surface area contributed by atoms with Gasteiger partial charge in [0.25, 0.3) is 5.91 Å². The lowest BCUT2D eigenvalue weighted by Gasteiger charge is -2.11. The summed E-state index contributed by atoms with van der Waals surface area (Å²) >= 11 is 31.6. The SMILES string of the molecule is O=C(Nc1ccc2c(ccn2Cc2ccccc2)c1)c1cc(NC(=O)[C@H]2[C@H](c3cc(Cl)cc(Cl)c3)C2(Cl)Cl)ccc1Cl. The van der Waals surface area contributed by atoms with Crippen molar-refractivity contribution in [1.82, 2.24) is 4.57 Å². The van der Waals surface area contributed by atoms with E-state index in [0.29, 0.717) is 27.0 Å². The lowest BCUT2D eigenvalue weighted by Crippen LogP contribution is -2.18. The minimum Gasteiger partial charge on any atom is -0.343 e. The number of nitrogens with one attached hydrogen (secondary N) is 2. The van der Waals surface area contributed by atoms with Crippen LogP contribution in [0.3, 0.4) is 0 Å². The molecule has 0 radical (unpaired) electrons. The Bertz CT molecular complexity index is 1820. The summed E-state index contributed by atoms with van der Waals surface area (Å²) in [5.74, 6) is -2.06. The molecule has 0 aliphatic heterocycles. The van der Waals surface area contributed by atoms with Gasteiger partial charge in [0.15, 0.2) is 0 Å².